The third-order valence-electron chi connectivity index (χ3n) is 5.62. The number of amides is 1. The van der Waals surface area contributed by atoms with Crippen molar-refractivity contribution in [1.29, 1.82) is 0 Å². The minimum Gasteiger partial charge on any atom is -0.488 e. The molecule has 0 saturated carbocycles. The highest BCUT2D eigenvalue weighted by Gasteiger charge is 2.36. The number of nitrogens with one attached hydrogen (secondary N) is 1. The first kappa shape index (κ1) is 23.6. The Bertz CT molecular complexity index is 790. The van der Waals surface area contributed by atoms with Gasteiger partial charge in [-0.1, -0.05) is 45.4 Å². The van der Waals surface area contributed by atoms with Crippen LogP contribution in [0.5, 0.6) is 5.75 Å². The zero-order valence-corrected chi connectivity index (χ0v) is 20.3. The van der Waals surface area contributed by atoms with Crippen LogP contribution in [0.1, 0.15) is 45.2 Å². The fourth-order valence-electron chi connectivity index (χ4n) is 2.80. The van der Waals surface area contributed by atoms with Crippen LogP contribution in [-0.2, 0) is 9.22 Å². The second-order valence-corrected chi connectivity index (χ2v) is 14.3. The molecule has 0 fully saturated rings. The van der Waals surface area contributed by atoms with Crippen molar-refractivity contribution in [3.63, 3.8) is 0 Å². The van der Waals surface area contributed by atoms with Gasteiger partial charge in [0.25, 0.3) is 0 Å². The molecule has 29 heavy (non-hydrogen) atoms. The number of ether oxygens (including phenoxy) is 1. The number of hydrazone groups is 1. The van der Waals surface area contributed by atoms with Crippen LogP contribution in [0.4, 0.5) is 0 Å². The molecule has 0 radical (unpaired) electrons. The van der Waals surface area contributed by atoms with Crippen LogP contribution in [0.15, 0.2) is 29.4 Å². The Kier molecular flexibility index (Phi) is 7.71. The van der Waals surface area contributed by atoms with Crippen molar-refractivity contribution in [2.24, 2.45) is 11.0 Å². The molecule has 0 saturated heterocycles. The van der Waals surface area contributed by atoms with E-state index in [9.17, 15) is 4.79 Å². The van der Waals surface area contributed by atoms with E-state index in [-0.39, 0.29) is 16.9 Å². The molecule has 1 atom stereocenters. The summed E-state index contributed by atoms with van der Waals surface area (Å²) in [6, 6.07) is 3.85. The highest BCUT2D eigenvalue weighted by Crippen LogP contribution is 2.36. The lowest BCUT2D eigenvalue weighted by molar-refractivity contribution is -0.121. The van der Waals surface area contributed by atoms with Gasteiger partial charge in [-0.3, -0.25) is 4.79 Å². The molecule has 1 unspecified atom stereocenters. The van der Waals surface area contributed by atoms with Crippen LogP contribution in [0, 0.1) is 12.8 Å². The van der Waals surface area contributed by atoms with Crippen molar-refractivity contribution >= 4 is 31.5 Å². The molecule has 0 bridgehead atoms. The lowest BCUT2D eigenvalue weighted by Gasteiger charge is -2.35. The van der Waals surface area contributed by atoms with E-state index in [1.165, 1.54) is 0 Å². The van der Waals surface area contributed by atoms with Gasteiger partial charge in [0.15, 0.2) is 8.32 Å². The second kappa shape index (κ2) is 9.45. The Hall–Kier alpha value is -1.63. The van der Waals surface area contributed by atoms with E-state index in [1.807, 2.05) is 38.1 Å². The zero-order chi connectivity index (χ0) is 21.8. The Morgan fingerprint density at radius 1 is 1.28 bits per heavy atom. The van der Waals surface area contributed by atoms with E-state index in [1.54, 1.807) is 0 Å². The van der Waals surface area contributed by atoms with Crippen LogP contribution >= 0.6 is 11.6 Å². The molecule has 2 rings (SSSR count). The summed E-state index contributed by atoms with van der Waals surface area (Å²) in [5.74, 6) is 0.654. The van der Waals surface area contributed by atoms with Gasteiger partial charge in [-0.05, 0) is 48.8 Å². The molecule has 0 spiro atoms. The van der Waals surface area contributed by atoms with E-state index < -0.39 is 8.32 Å². The van der Waals surface area contributed by atoms with Gasteiger partial charge in [0.2, 0.25) is 5.91 Å². The van der Waals surface area contributed by atoms with Crippen molar-refractivity contribution in [2.75, 3.05) is 13.2 Å². The van der Waals surface area contributed by atoms with Gasteiger partial charge in [0.05, 0.1) is 17.3 Å². The van der Waals surface area contributed by atoms with E-state index in [0.29, 0.717) is 30.4 Å². The van der Waals surface area contributed by atoms with Crippen LogP contribution in [0.25, 0.3) is 0 Å². The van der Waals surface area contributed by atoms with Gasteiger partial charge in [-0.25, -0.2) is 5.43 Å². The number of nitrogens with zero attached hydrogens (tertiary/aromatic N) is 1. The highest BCUT2D eigenvalue weighted by molar-refractivity contribution is 6.74. The van der Waals surface area contributed by atoms with Gasteiger partial charge in [0, 0.05) is 17.9 Å². The number of carbonyl (C=O) groups excluding carboxylic acids is 1. The Balaban J connectivity index is 1.96. The number of hydrogen-bond donors (Lipinski definition) is 1. The molecule has 0 aliphatic carbocycles. The predicted octanol–water partition coefficient (Wildman–Crippen LogP) is 5.47. The molecular formula is C22H33ClN2O3Si. The van der Waals surface area contributed by atoms with Gasteiger partial charge < -0.3 is 9.16 Å². The van der Waals surface area contributed by atoms with Crippen molar-refractivity contribution in [3.8, 4) is 5.75 Å². The maximum absolute atomic E-state index is 11.5. The predicted molar refractivity (Wildman–Crippen MR) is 122 cm³/mol. The first-order valence-electron chi connectivity index (χ1n) is 10.0. The average molecular weight is 437 g/mol. The standard InChI is InChI=1S/C22H33ClN2O3Si/c1-15-13-19(26)24-25-20(15)17-12-16(2)21(18(23)14-17)27-10-8-9-11-28-29(6,7)22(3,4)5/h8-9,12,14-15H,10-11,13H2,1-7H3,(H,24,26)/b9-8-. The van der Waals surface area contributed by atoms with Crippen molar-refractivity contribution in [1.82, 2.24) is 5.43 Å². The number of hydrogen-bond acceptors (Lipinski definition) is 4. The van der Waals surface area contributed by atoms with Crippen molar-refractivity contribution in [3.05, 3.63) is 40.4 Å². The summed E-state index contributed by atoms with van der Waals surface area (Å²) in [7, 11) is -1.73. The summed E-state index contributed by atoms with van der Waals surface area (Å²) in [6.45, 7) is 16.1. The van der Waals surface area contributed by atoms with E-state index >= 15 is 0 Å². The largest absolute Gasteiger partial charge is 0.488 e. The summed E-state index contributed by atoms with van der Waals surface area (Å²) < 4.78 is 12.0. The SMILES string of the molecule is Cc1cc(C2=NNC(=O)CC2C)cc(Cl)c1OC/C=C\CO[Si](C)(C)C(C)(C)C. The lowest BCUT2D eigenvalue weighted by atomic mass is 9.93. The highest BCUT2D eigenvalue weighted by atomic mass is 35.5. The minimum atomic E-state index is -1.73. The molecule has 1 amide bonds. The maximum atomic E-state index is 11.5. The van der Waals surface area contributed by atoms with Crippen LogP contribution in [-0.4, -0.2) is 33.2 Å². The molecule has 1 aromatic rings. The summed E-state index contributed by atoms with van der Waals surface area (Å²) in [6.07, 6.45) is 4.38. The van der Waals surface area contributed by atoms with Crippen molar-refractivity contribution < 1.29 is 14.0 Å². The fraction of sp³-hybridized carbons (Fsp3) is 0.545. The lowest BCUT2D eigenvalue weighted by Crippen LogP contribution is -2.40. The molecular weight excluding hydrogens is 404 g/mol. The van der Waals surface area contributed by atoms with Gasteiger partial charge in [-0.15, -0.1) is 0 Å². The summed E-state index contributed by atoms with van der Waals surface area (Å²) >= 11 is 6.47. The Labute approximate surface area is 180 Å². The fourth-order valence-corrected chi connectivity index (χ4v) is 4.07. The first-order valence-corrected chi connectivity index (χ1v) is 13.3. The molecule has 1 heterocycles. The van der Waals surface area contributed by atoms with E-state index in [2.05, 4.69) is 44.4 Å². The van der Waals surface area contributed by atoms with Crippen LogP contribution < -0.4 is 10.2 Å². The molecule has 1 N–H and O–H groups in total. The van der Waals surface area contributed by atoms with Crippen LogP contribution in [0.3, 0.4) is 0 Å². The number of carbonyl (C=O) groups is 1. The monoisotopic (exact) mass is 436 g/mol. The van der Waals surface area contributed by atoms with Gasteiger partial charge in [0.1, 0.15) is 12.4 Å². The molecule has 160 valence electrons. The third-order valence-corrected chi connectivity index (χ3v) is 10.4. The molecule has 1 aliphatic rings. The topological polar surface area (TPSA) is 59.9 Å². The molecule has 5 nitrogen and oxygen atoms in total. The maximum Gasteiger partial charge on any atom is 0.240 e. The number of aryl methyl sites for hydroxylation is 1. The van der Waals surface area contributed by atoms with E-state index in [0.717, 1.165) is 16.8 Å². The van der Waals surface area contributed by atoms with Gasteiger partial charge in [-0.2, -0.15) is 5.10 Å². The molecule has 0 aromatic heterocycles. The quantitative estimate of drug-likeness (QED) is 0.455. The van der Waals surface area contributed by atoms with E-state index in [4.69, 9.17) is 20.8 Å². The number of halogens is 1. The average Bonchev–Trinajstić information content (AvgIpc) is 2.58. The Morgan fingerprint density at radius 2 is 1.93 bits per heavy atom. The second-order valence-electron chi connectivity index (χ2n) is 9.10. The smallest absolute Gasteiger partial charge is 0.240 e. The minimum absolute atomic E-state index is 0.0508. The normalized spacial score (nSPS) is 18.0. The van der Waals surface area contributed by atoms with Crippen LogP contribution in [0.2, 0.25) is 23.2 Å². The zero-order valence-electron chi connectivity index (χ0n) is 18.6. The van der Waals surface area contributed by atoms with Crippen molar-refractivity contribution in [2.45, 2.75) is 59.2 Å². The third kappa shape index (κ3) is 6.17. The number of benzene rings is 1. The first-order chi connectivity index (χ1) is 13.4. The molecule has 1 aromatic carbocycles. The Morgan fingerprint density at radius 3 is 2.52 bits per heavy atom. The molecule has 7 heteroatoms. The number of rotatable bonds is 7. The summed E-state index contributed by atoms with van der Waals surface area (Å²) in [5.41, 5.74) is 5.22. The summed E-state index contributed by atoms with van der Waals surface area (Å²) in [5, 5.41) is 4.94. The molecule has 1 aliphatic heterocycles. The summed E-state index contributed by atoms with van der Waals surface area (Å²) in [4.78, 5) is 11.5. The van der Waals surface area contributed by atoms with Gasteiger partial charge >= 0.3 is 0 Å².